The predicted octanol–water partition coefficient (Wildman–Crippen LogP) is 19.7. The molecule has 0 radical (unpaired) electrons. The standard InChI is InChI=1S/C70H136O17P2/c1-9-63(8)49-41-33-24-19-20-25-34-42-50-67(72)80-56-65(86-69(74)52-44-36-26-18-16-14-12-10-11-13-15-17-22-30-38-46-60(2)3)58-84-88(76,77)82-54-64(71)55-83-89(78,79)85-59-66(57-81-68(73)51-43-35-29-28-32-40-48-62(6)7)87-70(75)53-45-37-27-21-23-31-39-47-61(4)5/h60-66,71H,9-59H2,1-8H3,(H,76,77)(H,78,79)/t63?,64-,65-,66-/m1/s1. The van der Waals surface area contributed by atoms with Crippen LogP contribution < -0.4 is 0 Å². The Kier molecular flexibility index (Phi) is 58.5. The second-order valence-electron chi connectivity index (χ2n) is 26.9. The molecule has 89 heavy (non-hydrogen) atoms. The van der Waals surface area contributed by atoms with E-state index in [1.165, 1.54) is 141 Å². The minimum Gasteiger partial charge on any atom is -0.462 e. The van der Waals surface area contributed by atoms with E-state index in [-0.39, 0.29) is 25.7 Å². The van der Waals surface area contributed by atoms with Crippen molar-refractivity contribution in [3.8, 4) is 0 Å². The van der Waals surface area contributed by atoms with Crippen molar-refractivity contribution >= 4 is 39.5 Å². The highest BCUT2D eigenvalue weighted by atomic mass is 31.2. The highest BCUT2D eigenvalue weighted by Crippen LogP contribution is 2.45. The molecule has 3 N–H and O–H groups in total. The number of phosphoric ester groups is 2. The van der Waals surface area contributed by atoms with Crippen LogP contribution in [0.2, 0.25) is 0 Å². The van der Waals surface area contributed by atoms with Crippen LogP contribution in [0.5, 0.6) is 0 Å². The van der Waals surface area contributed by atoms with Gasteiger partial charge in [-0.05, 0) is 49.4 Å². The number of ether oxygens (including phenoxy) is 4. The molecule has 0 rings (SSSR count). The molecule has 0 saturated carbocycles. The van der Waals surface area contributed by atoms with Gasteiger partial charge in [-0.15, -0.1) is 0 Å². The Balaban J connectivity index is 5.22. The van der Waals surface area contributed by atoms with E-state index in [2.05, 4.69) is 55.4 Å². The summed E-state index contributed by atoms with van der Waals surface area (Å²) in [6.07, 6.45) is 41.9. The van der Waals surface area contributed by atoms with Crippen molar-refractivity contribution in [3.63, 3.8) is 0 Å². The number of unbranched alkanes of at least 4 members (excludes halogenated alkanes) is 32. The number of hydrogen-bond donors (Lipinski definition) is 3. The van der Waals surface area contributed by atoms with E-state index in [9.17, 15) is 43.2 Å². The lowest BCUT2D eigenvalue weighted by Gasteiger charge is -2.21. The Hall–Kier alpha value is -1.94. The lowest BCUT2D eigenvalue weighted by atomic mass is 9.99. The van der Waals surface area contributed by atoms with Gasteiger partial charge >= 0.3 is 39.5 Å². The topological polar surface area (TPSA) is 237 Å². The van der Waals surface area contributed by atoms with Crippen LogP contribution in [0, 0.1) is 23.7 Å². The van der Waals surface area contributed by atoms with Crippen LogP contribution in [-0.4, -0.2) is 96.7 Å². The van der Waals surface area contributed by atoms with Crippen LogP contribution in [0.3, 0.4) is 0 Å². The molecule has 19 heteroatoms. The predicted molar refractivity (Wildman–Crippen MR) is 358 cm³/mol. The molecule has 6 atom stereocenters. The summed E-state index contributed by atoms with van der Waals surface area (Å²) in [5.74, 6) is 0.822. The number of carbonyl (C=O) groups is 4. The van der Waals surface area contributed by atoms with Crippen molar-refractivity contribution in [2.24, 2.45) is 23.7 Å². The Morgan fingerprint density at radius 1 is 0.315 bits per heavy atom. The summed E-state index contributed by atoms with van der Waals surface area (Å²) in [6.45, 7) is 14.0. The molecule has 0 aromatic carbocycles. The van der Waals surface area contributed by atoms with Crippen molar-refractivity contribution in [2.45, 2.75) is 363 Å². The molecule has 0 aliphatic rings. The first-order valence-corrected chi connectivity index (χ1v) is 39.2. The van der Waals surface area contributed by atoms with Gasteiger partial charge in [0.15, 0.2) is 12.2 Å². The second kappa shape index (κ2) is 59.8. The fourth-order valence-corrected chi connectivity index (χ4v) is 12.0. The summed E-state index contributed by atoms with van der Waals surface area (Å²) < 4.78 is 68.2. The maximum atomic E-state index is 13.0. The number of aliphatic hydroxyl groups is 1. The summed E-state index contributed by atoms with van der Waals surface area (Å²) in [4.78, 5) is 72.5. The highest BCUT2D eigenvalue weighted by molar-refractivity contribution is 7.47. The fourth-order valence-electron chi connectivity index (χ4n) is 10.5. The summed E-state index contributed by atoms with van der Waals surface area (Å²) in [5.41, 5.74) is 0. The van der Waals surface area contributed by atoms with Gasteiger partial charge in [0.2, 0.25) is 0 Å². The SMILES string of the molecule is CCC(C)CCCCCCCCCCC(=O)OC[C@H](COP(=O)(O)OC[C@@H](O)COP(=O)(O)OC[C@@H](COC(=O)CCCCCCCCC(C)C)OC(=O)CCCCCCCCCC(C)C)OC(=O)CCCCCCCCCCCCCCCCCC(C)C. The average Bonchev–Trinajstić information content (AvgIpc) is 3.66. The molecule has 528 valence electrons. The molecule has 0 aromatic heterocycles. The molecular weight excluding hydrogens is 1170 g/mol. The van der Waals surface area contributed by atoms with Gasteiger partial charge in [-0.1, -0.05) is 293 Å². The van der Waals surface area contributed by atoms with Gasteiger partial charge in [0.25, 0.3) is 0 Å². The lowest BCUT2D eigenvalue weighted by molar-refractivity contribution is -0.161. The van der Waals surface area contributed by atoms with E-state index in [0.29, 0.717) is 37.5 Å². The number of hydrogen-bond acceptors (Lipinski definition) is 15. The number of carbonyl (C=O) groups excluding carboxylic acids is 4. The third-order valence-corrected chi connectivity index (χ3v) is 18.3. The van der Waals surface area contributed by atoms with Gasteiger partial charge < -0.3 is 33.8 Å². The van der Waals surface area contributed by atoms with Crippen LogP contribution in [0.25, 0.3) is 0 Å². The van der Waals surface area contributed by atoms with Crippen LogP contribution in [0.4, 0.5) is 0 Å². The maximum absolute atomic E-state index is 13.0. The van der Waals surface area contributed by atoms with Crippen molar-refractivity contribution in [3.05, 3.63) is 0 Å². The van der Waals surface area contributed by atoms with Crippen molar-refractivity contribution in [1.29, 1.82) is 0 Å². The number of aliphatic hydroxyl groups excluding tert-OH is 1. The number of phosphoric acid groups is 2. The Morgan fingerprint density at radius 3 is 0.798 bits per heavy atom. The van der Waals surface area contributed by atoms with E-state index in [1.807, 2.05) is 0 Å². The minimum atomic E-state index is -4.95. The average molecular weight is 1310 g/mol. The first-order chi connectivity index (χ1) is 42.6. The first kappa shape index (κ1) is 87.1. The van der Waals surface area contributed by atoms with Crippen molar-refractivity contribution < 1.29 is 80.2 Å². The molecule has 0 aromatic rings. The zero-order valence-electron chi connectivity index (χ0n) is 58.1. The summed E-state index contributed by atoms with van der Waals surface area (Å²) in [6, 6.07) is 0. The van der Waals surface area contributed by atoms with E-state index in [0.717, 1.165) is 108 Å². The molecule has 17 nitrogen and oxygen atoms in total. The van der Waals surface area contributed by atoms with Crippen LogP contribution in [-0.2, 0) is 65.4 Å². The minimum absolute atomic E-state index is 0.102. The third kappa shape index (κ3) is 63.2. The molecular formula is C70H136O17P2. The van der Waals surface area contributed by atoms with Crippen LogP contribution in [0.1, 0.15) is 344 Å². The second-order valence-corrected chi connectivity index (χ2v) is 29.8. The first-order valence-electron chi connectivity index (χ1n) is 36.2. The molecule has 3 unspecified atom stereocenters. The summed E-state index contributed by atoms with van der Waals surface area (Å²) in [7, 11) is -9.90. The Labute approximate surface area is 543 Å². The summed E-state index contributed by atoms with van der Waals surface area (Å²) >= 11 is 0. The molecule has 0 aliphatic heterocycles. The molecule has 0 bridgehead atoms. The maximum Gasteiger partial charge on any atom is 0.472 e. The molecule has 0 amide bonds. The van der Waals surface area contributed by atoms with Gasteiger partial charge in [0.1, 0.15) is 19.3 Å². The highest BCUT2D eigenvalue weighted by Gasteiger charge is 2.30. The zero-order chi connectivity index (χ0) is 66.1. The molecule has 0 fully saturated rings. The van der Waals surface area contributed by atoms with Crippen LogP contribution >= 0.6 is 15.6 Å². The monoisotopic (exact) mass is 1310 g/mol. The molecule has 0 saturated heterocycles. The third-order valence-electron chi connectivity index (χ3n) is 16.4. The molecule has 0 spiro atoms. The van der Waals surface area contributed by atoms with Gasteiger partial charge in [-0.3, -0.25) is 37.3 Å². The normalized spacial score (nSPS) is 14.6. The summed E-state index contributed by atoms with van der Waals surface area (Å²) in [5, 5.41) is 10.6. The van der Waals surface area contributed by atoms with Crippen molar-refractivity contribution in [2.75, 3.05) is 39.6 Å². The van der Waals surface area contributed by atoms with E-state index in [1.54, 1.807) is 0 Å². The fraction of sp³-hybridized carbons (Fsp3) is 0.943. The smallest absolute Gasteiger partial charge is 0.462 e. The van der Waals surface area contributed by atoms with Gasteiger partial charge in [0, 0.05) is 25.7 Å². The van der Waals surface area contributed by atoms with E-state index in [4.69, 9.17) is 37.0 Å². The number of esters is 4. The lowest BCUT2D eigenvalue weighted by Crippen LogP contribution is -2.30. The van der Waals surface area contributed by atoms with Gasteiger partial charge in [-0.2, -0.15) is 0 Å². The van der Waals surface area contributed by atoms with Crippen LogP contribution in [0.15, 0.2) is 0 Å². The largest absolute Gasteiger partial charge is 0.472 e. The molecule has 0 heterocycles. The Morgan fingerprint density at radius 2 is 0.539 bits per heavy atom. The van der Waals surface area contributed by atoms with E-state index >= 15 is 0 Å². The van der Waals surface area contributed by atoms with Gasteiger partial charge in [0.05, 0.1) is 26.4 Å². The Bertz CT molecular complexity index is 1770. The van der Waals surface area contributed by atoms with E-state index < -0.39 is 97.5 Å². The quantitative estimate of drug-likeness (QED) is 0.0222. The molecule has 0 aliphatic carbocycles. The number of rotatable bonds is 67. The van der Waals surface area contributed by atoms with Crippen molar-refractivity contribution in [1.82, 2.24) is 0 Å². The zero-order valence-corrected chi connectivity index (χ0v) is 59.8. The van der Waals surface area contributed by atoms with Gasteiger partial charge in [-0.25, -0.2) is 9.13 Å².